The lowest BCUT2D eigenvalue weighted by Gasteiger charge is -2.13. The monoisotopic (exact) mass is 589 g/mol. The molecule has 0 bridgehead atoms. The predicted octanol–water partition coefficient (Wildman–Crippen LogP) is 6.84. The van der Waals surface area contributed by atoms with E-state index in [9.17, 15) is 9.59 Å². The standard InChI is InChI=1S/C30H24ClN3O4S2/c31-23-12-8-20(9-13-23)19-38-25-14-10-21(11-15-25)28-22(18-34(32-28)24-5-2-1-3-6-24)17-26-29(37)33(30(39)40-26)16-4-7-27(35)36/h1-3,5-6,8-15,17-18H,4,7,16,19H2,(H,35,36)/b26-17-. The molecule has 0 unspecified atom stereocenters. The Morgan fingerprint density at radius 3 is 2.48 bits per heavy atom. The van der Waals surface area contributed by atoms with Crippen molar-refractivity contribution in [2.24, 2.45) is 0 Å². The number of hydrogen-bond donors (Lipinski definition) is 1. The lowest BCUT2D eigenvalue weighted by molar-refractivity contribution is -0.137. The lowest BCUT2D eigenvalue weighted by Crippen LogP contribution is -2.29. The topological polar surface area (TPSA) is 84.7 Å². The van der Waals surface area contributed by atoms with E-state index in [-0.39, 0.29) is 18.9 Å². The van der Waals surface area contributed by atoms with E-state index in [2.05, 4.69) is 0 Å². The zero-order valence-electron chi connectivity index (χ0n) is 21.2. The normalized spacial score (nSPS) is 14.2. The van der Waals surface area contributed by atoms with Gasteiger partial charge in [-0.1, -0.05) is 65.9 Å². The molecule has 0 spiro atoms. The van der Waals surface area contributed by atoms with E-state index < -0.39 is 5.97 Å². The highest BCUT2D eigenvalue weighted by molar-refractivity contribution is 8.26. The number of carbonyl (C=O) groups is 2. The molecule has 1 aromatic heterocycles. The summed E-state index contributed by atoms with van der Waals surface area (Å²) in [6.45, 7) is 0.681. The third kappa shape index (κ3) is 6.62. The van der Waals surface area contributed by atoms with Crippen LogP contribution in [-0.2, 0) is 16.2 Å². The summed E-state index contributed by atoms with van der Waals surface area (Å²) in [7, 11) is 0. The number of hydrogen-bond acceptors (Lipinski definition) is 6. The number of para-hydroxylation sites is 1. The average molecular weight is 590 g/mol. The van der Waals surface area contributed by atoms with E-state index in [1.54, 1.807) is 10.8 Å². The van der Waals surface area contributed by atoms with Gasteiger partial charge in [-0.15, -0.1) is 0 Å². The molecule has 1 saturated heterocycles. The van der Waals surface area contributed by atoms with E-state index in [1.165, 1.54) is 16.7 Å². The van der Waals surface area contributed by atoms with Crippen molar-refractivity contribution in [3.8, 4) is 22.7 Å². The molecule has 5 rings (SSSR count). The molecule has 1 aliphatic heterocycles. The minimum Gasteiger partial charge on any atom is -0.489 e. The maximum Gasteiger partial charge on any atom is 0.303 e. The number of nitrogens with zero attached hydrogens (tertiary/aromatic N) is 3. The molecule has 1 amide bonds. The van der Waals surface area contributed by atoms with Gasteiger partial charge in [-0.2, -0.15) is 5.10 Å². The van der Waals surface area contributed by atoms with Gasteiger partial charge in [0.2, 0.25) is 0 Å². The first-order valence-corrected chi connectivity index (χ1v) is 14.1. The first kappa shape index (κ1) is 27.6. The molecule has 10 heteroatoms. The van der Waals surface area contributed by atoms with Crippen molar-refractivity contribution in [1.29, 1.82) is 0 Å². The number of rotatable bonds is 10. The zero-order chi connectivity index (χ0) is 28.1. The van der Waals surface area contributed by atoms with Crippen molar-refractivity contribution in [2.75, 3.05) is 6.54 Å². The van der Waals surface area contributed by atoms with Crippen LogP contribution in [0.15, 0.2) is 90.0 Å². The van der Waals surface area contributed by atoms with Gasteiger partial charge in [-0.25, -0.2) is 4.68 Å². The number of thiocarbonyl (C=S) groups is 1. The highest BCUT2D eigenvalue weighted by Gasteiger charge is 2.32. The number of benzene rings is 3. The molecule has 1 fully saturated rings. The summed E-state index contributed by atoms with van der Waals surface area (Å²) in [4.78, 5) is 25.9. The fourth-order valence-electron chi connectivity index (χ4n) is 4.11. The summed E-state index contributed by atoms with van der Waals surface area (Å²) < 4.78 is 8.13. The highest BCUT2D eigenvalue weighted by Crippen LogP contribution is 2.35. The lowest BCUT2D eigenvalue weighted by atomic mass is 10.1. The molecule has 0 saturated carbocycles. The quantitative estimate of drug-likeness (QED) is 0.160. The minimum atomic E-state index is -0.902. The van der Waals surface area contributed by atoms with Crippen LogP contribution in [0, 0.1) is 0 Å². The number of carboxylic acids is 1. The number of amides is 1. The molecule has 4 aromatic rings. The minimum absolute atomic E-state index is 0.0243. The Labute approximate surface area is 246 Å². The largest absolute Gasteiger partial charge is 0.489 e. The number of carbonyl (C=O) groups excluding carboxylic acids is 1. The Kier molecular flexibility index (Phi) is 8.64. The summed E-state index contributed by atoms with van der Waals surface area (Å²) in [6.07, 6.45) is 3.98. The Balaban J connectivity index is 1.40. The van der Waals surface area contributed by atoms with E-state index in [0.717, 1.165) is 22.4 Å². The third-order valence-electron chi connectivity index (χ3n) is 6.14. The number of carboxylic acid groups (broad SMARTS) is 1. The molecule has 202 valence electrons. The summed E-state index contributed by atoms with van der Waals surface area (Å²) in [5.74, 6) is -0.421. The van der Waals surface area contributed by atoms with Crippen LogP contribution >= 0.6 is 35.6 Å². The Morgan fingerprint density at radius 1 is 1.05 bits per heavy atom. The SMILES string of the molecule is O=C(O)CCCN1C(=O)/C(=C/c2cn(-c3ccccc3)nc2-c2ccc(OCc3ccc(Cl)cc3)cc2)SC1=S. The summed E-state index contributed by atoms with van der Waals surface area (Å²) in [6, 6.07) is 24.9. The van der Waals surface area contributed by atoms with E-state index in [1.807, 2.05) is 85.1 Å². The molecule has 7 nitrogen and oxygen atoms in total. The van der Waals surface area contributed by atoms with Gasteiger partial charge >= 0.3 is 5.97 Å². The van der Waals surface area contributed by atoms with E-state index in [0.29, 0.717) is 38.7 Å². The van der Waals surface area contributed by atoms with Crippen molar-refractivity contribution < 1.29 is 19.4 Å². The van der Waals surface area contributed by atoms with Crippen molar-refractivity contribution in [3.63, 3.8) is 0 Å². The average Bonchev–Trinajstić information content (AvgIpc) is 3.49. The molecule has 3 aromatic carbocycles. The summed E-state index contributed by atoms with van der Waals surface area (Å²) in [5.41, 5.74) is 4.20. The maximum atomic E-state index is 13.1. The van der Waals surface area contributed by atoms with Crippen molar-refractivity contribution in [2.45, 2.75) is 19.4 Å². The van der Waals surface area contributed by atoms with Crippen LogP contribution in [0.3, 0.4) is 0 Å². The van der Waals surface area contributed by atoms with Crippen LogP contribution in [-0.4, -0.2) is 42.5 Å². The van der Waals surface area contributed by atoms with Crippen LogP contribution < -0.4 is 4.74 Å². The predicted molar refractivity (Wildman–Crippen MR) is 162 cm³/mol. The zero-order valence-corrected chi connectivity index (χ0v) is 23.6. The third-order valence-corrected chi connectivity index (χ3v) is 7.77. The molecule has 1 N–H and O–H groups in total. The number of halogens is 1. The molecule has 0 radical (unpaired) electrons. The Morgan fingerprint density at radius 2 is 1.77 bits per heavy atom. The molecule has 2 heterocycles. The fraction of sp³-hybridized carbons (Fsp3) is 0.133. The Hall–Kier alpha value is -3.92. The fourth-order valence-corrected chi connectivity index (χ4v) is 5.53. The second kappa shape index (κ2) is 12.5. The van der Waals surface area contributed by atoms with Gasteiger partial charge in [-0.05, 0) is 66.6 Å². The number of aliphatic carboxylic acids is 1. The van der Waals surface area contributed by atoms with Gasteiger partial charge in [0.05, 0.1) is 16.3 Å². The van der Waals surface area contributed by atoms with E-state index >= 15 is 0 Å². The first-order chi connectivity index (χ1) is 19.4. The van der Waals surface area contributed by atoms with Crippen molar-refractivity contribution in [1.82, 2.24) is 14.7 Å². The van der Waals surface area contributed by atoms with Gasteiger partial charge in [-0.3, -0.25) is 14.5 Å². The Bertz CT molecular complexity index is 1570. The van der Waals surface area contributed by atoms with Crippen molar-refractivity contribution in [3.05, 3.63) is 106 Å². The summed E-state index contributed by atoms with van der Waals surface area (Å²) >= 11 is 12.6. The number of ether oxygens (including phenoxy) is 1. The van der Waals surface area contributed by atoms with Crippen LogP contribution in [0.1, 0.15) is 24.0 Å². The van der Waals surface area contributed by atoms with Crippen LogP contribution in [0.25, 0.3) is 23.0 Å². The molecular weight excluding hydrogens is 566 g/mol. The van der Waals surface area contributed by atoms with Crippen LogP contribution in [0.5, 0.6) is 5.75 Å². The first-order valence-electron chi connectivity index (χ1n) is 12.5. The van der Waals surface area contributed by atoms with Gasteiger partial charge in [0, 0.05) is 35.3 Å². The van der Waals surface area contributed by atoms with E-state index in [4.69, 9.17) is 38.8 Å². The van der Waals surface area contributed by atoms with Crippen molar-refractivity contribution >= 4 is 57.9 Å². The van der Waals surface area contributed by atoms with Gasteiger partial charge in [0.25, 0.3) is 5.91 Å². The smallest absolute Gasteiger partial charge is 0.303 e. The van der Waals surface area contributed by atoms with Gasteiger partial charge in [0.15, 0.2) is 0 Å². The number of aromatic nitrogens is 2. The second-order valence-electron chi connectivity index (χ2n) is 8.98. The van der Waals surface area contributed by atoms with Crippen LogP contribution in [0.4, 0.5) is 0 Å². The molecule has 1 aliphatic rings. The molecular formula is C30H24ClN3O4S2. The second-order valence-corrected chi connectivity index (χ2v) is 11.1. The molecule has 40 heavy (non-hydrogen) atoms. The maximum absolute atomic E-state index is 13.1. The number of thioether (sulfide) groups is 1. The van der Waals surface area contributed by atoms with Crippen LogP contribution in [0.2, 0.25) is 5.02 Å². The molecule has 0 aliphatic carbocycles. The highest BCUT2D eigenvalue weighted by atomic mass is 35.5. The summed E-state index contributed by atoms with van der Waals surface area (Å²) in [5, 5.41) is 14.5. The van der Waals surface area contributed by atoms with Gasteiger partial charge < -0.3 is 9.84 Å². The van der Waals surface area contributed by atoms with Gasteiger partial charge in [0.1, 0.15) is 16.7 Å². The molecule has 0 atom stereocenters.